The van der Waals surface area contributed by atoms with Crippen molar-refractivity contribution in [2.75, 3.05) is 0 Å². The zero-order chi connectivity index (χ0) is 14.2. The molecule has 0 spiro atoms. The number of aromatic nitrogens is 1. The van der Waals surface area contributed by atoms with Gasteiger partial charge in [0.1, 0.15) is 5.01 Å². The molecule has 2 nitrogen and oxygen atoms in total. The minimum Gasteiger partial charge on any atom is -0.318 e. The van der Waals surface area contributed by atoms with Gasteiger partial charge in [-0.05, 0) is 23.5 Å². The second-order valence-corrected chi connectivity index (χ2v) is 8.20. The summed E-state index contributed by atoms with van der Waals surface area (Å²) >= 11 is 3.47. The number of nitrogens with zero attached hydrogens (tertiary/aromatic N) is 1. The van der Waals surface area contributed by atoms with Crippen molar-refractivity contribution in [3.8, 4) is 0 Å². The van der Waals surface area contributed by atoms with Crippen molar-refractivity contribution < 1.29 is 0 Å². The molecule has 0 bridgehead atoms. The number of thiazole rings is 1. The maximum atomic E-state index is 6.34. The van der Waals surface area contributed by atoms with Gasteiger partial charge in [-0.1, -0.05) is 34.6 Å². The standard InChI is InChI=1S/C15H22N2S2/c1-9(2)10-8-18-14(17-10)13(16)11-6-7-12(19-11)15(3,4)5/h6-9,13H,16H2,1-5H3. The Morgan fingerprint density at radius 2 is 1.89 bits per heavy atom. The Hall–Kier alpha value is -0.710. The molecule has 0 amide bonds. The Bertz CT molecular complexity index is 546. The Kier molecular flexibility index (Phi) is 4.14. The van der Waals surface area contributed by atoms with Crippen molar-refractivity contribution in [3.05, 3.63) is 38.0 Å². The predicted molar refractivity (Wildman–Crippen MR) is 85.3 cm³/mol. The second kappa shape index (κ2) is 5.35. The minimum atomic E-state index is -0.0846. The number of thiophene rings is 1. The lowest BCUT2D eigenvalue weighted by molar-refractivity contribution is 0.604. The quantitative estimate of drug-likeness (QED) is 0.893. The summed E-state index contributed by atoms with van der Waals surface area (Å²) in [4.78, 5) is 7.23. The summed E-state index contributed by atoms with van der Waals surface area (Å²) in [5, 5.41) is 3.14. The van der Waals surface area contributed by atoms with E-state index in [1.165, 1.54) is 9.75 Å². The largest absolute Gasteiger partial charge is 0.318 e. The molecule has 0 saturated heterocycles. The summed E-state index contributed by atoms with van der Waals surface area (Å²) in [6.07, 6.45) is 0. The van der Waals surface area contributed by atoms with Gasteiger partial charge in [0.15, 0.2) is 0 Å². The molecule has 2 aromatic rings. The van der Waals surface area contributed by atoms with E-state index in [0.717, 1.165) is 10.7 Å². The molecule has 0 aromatic carbocycles. The van der Waals surface area contributed by atoms with Gasteiger partial charge >= 0.3 is 0 Å². The fraction of sp³-hybridized carbons (Fsp3) is 0.533. The van der Waals surface area contributed by atoms with Crippen LogP contribution in [0.3, 0.4) is 0 Å². The molecule has 0 aliphatic carbocycles. The first kappa shape index (κ1) is 14.7. The summed E-state index contributed by atoms with van der Waals surface area (Å²) in [5.74, 6) is 0.464. The number of hydrogen-bond donors (Lipinski definition) is 1. The number of hydrogen-bond acceptors (Lipinski definition) is 4. The summed E-state index contributed by atoms with van der Waals surface area (Å²) in [6.45, 7) is 11.0. The third-order valence-electron chi connectivity index (χ3n) is 3.07. The van der Waals surface area contributed by atoms with E-state index in [9.17, 15) is 0 Å². The first-order valence-electron chi connectivity index (χ1n) is 6.60. The van der Waals surface area contributed by atoms with Crippen LogP contribution >= 0.6 is 22.7 Å². The van der Waals surface area contributed by atoms with Gasteiger partial charge < -0.3 is 5.73 Å². The Labute approximate surface area is 123 Å². The summed E-state index contributed by atoms with van der Waals surface area (Å²) < 4.78 is 0. The van der Waals surface area contributed by atoms with Gasteiger partial charge in [-0.2, -0.15) is 0 Å². The van der Waals surface area contributed by atoms with E-state index in [1.54, 1.807) is 22.7 Å². The van der Waals surface area contributed by atoms with Crippen LogP contribution in [0, 0.1) is 0 Å². The Morgan fingerprint density at radius 1 is 1.21 bits per heavy atom. The molecule has 4 heteroatoms. The number of nitrogens with two attached hydrogens (primary N) is 1. The fourth-order valence-corrected chi connectivity index (χ4v) is 3.90. The van der Waals surface area contributed by atoms with Crippen LogP contribution in [0.5, 0.6) is 0 Å². The van der Waals surface area contributed by atoms with E-state index in [0.29, 0.717) is 5.92 Å². The van der Waals surface area contributed by atoms with Gasteiger partial charge in [0.25, 0.3) is 0 Å². The van der Waals surface area contributed by atoms with E-state index < -0.39 is 0 Å². The van der Waals surface area contributed by atoms with Gasteiger partial charge in [-0.15, -0.1) is 22.7 Å². The third-order valence-corrected chi connectivity index (χ3v) is 5.61. The molecule has 19 heavy (non-hydrogen) atoms. The highest BCUT2D eigenvalue weighted by atomic mass is 32.1. The van der Waals surface area contributed by atoms with E-state index >= 15 is 0 Å². The highest BCUT2D eigenvalue weighted by Gasteiger charge is 2.20. The van der Waals surface area contributed by atoms with Gasteiger partial charge in [-0.25, -0.2) is 4.98 Å². The van der Waals surface area contributed by atoms with Crippen LogP contribution in [0.1, 0.15) is 67.0 Å². The topological polar surface area (TPSA) is 38.9 Å². The van der Waals surface area contributed by atoms with E-state index in [-0.39, 0.29) is 11.5 Å². The van der Waals surface area contributed by atoms with Crippen molar-refractivity contribution in [1.82, 2.24) is 4.98 Å². The van der Waals surface area contributed by atoms with Gasteiger partial charge in [0, 0.05) is 15.1 Å². The molecule has 0 radical (unpaired) electrons. The van der Waals surface area contributed by atoms with Crippen molar-refractivity contribution >= 4 is 22.7 Å². The van der Waals surface area contributed by atoms with E-state index in [1.807, 2.05) is 0 Å². The van der Waals surface area contributed by atoms with Crippen LogP contribution in [-0.4, -0.2) is 4.98 Å². The summed E-state index contributed by atoms with van der Waals surface area (Å²) in [5.41, 5.74) is 7.68. The number of rotatable bonds is 3. The van der Waals surface area contributed by atoms with Crippen molar-refractivity contribution in [3.63, 3.8) is 0 Å². The fourth-order valence-electron chi connectivity index (χ4n) is 1.75. The van der Waals surface area contributed by atoms with Crippen LogP contribution in [-0.2, 0) is 5.41 Å². The molecule has 0 saturated carbocycles. The van der Waals surface area contributed by atoms with Gasteiger partial charge in [-0.3, -0.25) is 0 Å². The molecule has 104 valence electrons. The lowest BCUT2D eigenvalue weighted by Gasteiger charge is -2.15. The van der Waals surface area contributed by atoms with Crippen LogP contribution in [0.2, 0.25) is 0 Å². The van der Waals surface area contributed by atoms with Crippen LogP contribution in [0.4, 0.5) is 0 Å². The molecule has 2 rings (SSSR count). The molecule has 0 aliphatic rings. The van der Waals surface area contributed by atoms with E-state index in [2.05, 4.69) is 57.1 Å². The molecule has 2 N–H and O–H groups in total. The zero-order valence-electron chi connectivity index (χ0n) is 12.2. The van der Waals surface area contributed by atoms with Crippen LogP contribution < -0.4 is 5.73 Å². The molecule has 1 atom stereocenters. The lowest BCUT2D eigenvalue weighted by atomic mass is 9.95. The first-order chi connectivity index (χ1) is 8.79. The normalized spacial score (nSPS) is 14.1. The van der Waals surface area contributed by atoms with Crippen molar-refractivity contribution in [1.29, 1.82) is 0 Å². The summed E-state index contributed by atoms with van der Waals surface area (Å²) in [7, 11) is 0. The molecular formula is C15H22N2S2. The van der Waals surface area contributed by atoms with Crippen LogP contribution in [0.15, 0.2) is 17.5 Å². The van der Waals surface area contributed by atoms with Gasteiger partial charge in [0.2, 0.25) is 0 Å². The highest BCUT2D eigenvalue weighted by Crippen LogP contribution is 2.34. The Balaban J connectivity index is 2.23. The zero-order valence-corrected chi connectivity index (χ0v) is 13.9. The average Bonchev–Trinajstić information content (AvgIpc) is 2.97. The molecule has 2 heterocycles. The minimum absolute atomic E-state index is 0.0846. The molecule has 1 unspecified atom stereocenters. The highest BCUT2D eigenvalue weighted by molar-refractivity contribution is 7.13. The van der Waals surface area contributed by atoms with Gasteiger partial charge in [0.05, 0.1) is 11.7 Å². The lowest BCUT2D eigenvalue weighted by Crippen LogP contribution is -2.10. The maximum Gasteiger partial charge on any atom is 0.115 e. The first-order valence-corrected chi connectivity index (χ1v) is 8.29. The molecule has 0 fully saturated rings. The monoisotopic (exact) mass is 294 g/mol. The van der Waals surface area contributed by atoms with Crippen molar-refractivity contribution in [2.24, 2.45) is 5.73 Å². The predicted octanol–water partition coefficient (Wildman–Crippen LogP) is 4.67. The third kappa shape index (κ3) is 3.25. The smallest absolute Gasteiger partial charge is 0.115 e. The second-order valence-electron chi connectivity index (χ2n) is 6.19. The Morgan fingerprint density at radius 3 is 2.37 bits per heavy atom. The van der Waals surface area contributed by atoms with E-state index in [4.69, 9.17) is 5.73 Å². The average molecular weight is 294 g/mol. The van der Waals surface area contributed by atoms with Crippen LogP contribution in [0.25, 0.3) is 0 Å². The SMILES string of the molecule is CC(C)c1csc(C(N)c2ccc(C(C)(C)C)s2)n1. The summed E-state index contributed by atoms with van der Waals surface area (Å²) in [6, 6.07) is 4.25. The van der Waals surface area contributed by atoms with Crippen molar-refractivity contribution in [2.45, 2.75) is 52.0 Å². The molecule has 2 aromatic heterocycles. The molecule has 0 aliphatic heterocycles. The molecular weight excluding hydrogens is 272 g/mol. The maximum absolute atomic E-state index is 6.34.